The zero-order valence-electron chi connectivity index (χ0n) is 13.4. The van der Waals surface area contributed by atoms with Crippen molar-refractivity contribution in [1.82, 2.24) is 4.90 Å². The van der Waals surface area contributed by atoms with Gasteiger partial charge < -0.3 is 20.8 Å². The number of halogens is 1. The van der Waals surface area contributed by atoms with Crippen molar-refractivity contribution in [1.29, 1.82) is 0 Å². The van der Waals surface area contributed by atoms with E-state index in [1.54, 1.807) is 26.0 Å². The molecule has 6 heteroatoms. The molecule has 0 fully saturated rings. The Bertz CT molecular complexity index is 603. The Labute approximate surface area is 129 Å². The molecule has 122 valence electrons. The molecule has 2 rings (SSSR count). The second-order valence-corrected chi connectivity index (χ2v) is 6.96. The van der Waals surface area contributed by atoms with Gasteiger partial charge in [-0.1, -0.05) is 0 Å². The van der Waals surface area contributed by atoms with Crippen molar-refractivity contribution in [3.05, 3.63) is 28.8 Å². The smallest absolute Gasteiger partial charge is 0.254 e. The molecule has 1 aromatic rings. The van der Waals surface area contributed by atoms with Gasteiger partial charge in [0.1, 0.15) is 6.17 Å². The molecule has 1 atom stereocenters. The molecule has 0 aromatic heterocycles. The Balaban J connectivity index is 2.29. The van der Waals surface area contributed by atoms with Crippen molar-refractivity contribution < 1.29 is 19.4 Å². The number of hydrogen-bond acceptors (Lipinski definition) is 4. The summed E-state index contributed by atoms with van der Waals surface area (Å²) >= 11 is 0. The van der Waals surface area contributed by atoms with Gasteiger partial charge in [-0.15, -0.1) is 0 Å². The maximum atomic E-state index is 14.0. The molecule has 0 bridgehead atoms. The van der Waals surface area contributed by atoms with Gasteiger partial charge in [-0.3, -0.25) is 4.79 Å². The average molecular weight is 310 g/mol. The highest BCUT2D eigenvalue weighted by molar-refractivity contribution is 5.99. The van der Waals surface area contributed by atoms with Crippen LogP contribution in [0, 0.1) is 0 Å². The van der Waals surface area contributed by atoms with Crippen molar-refractivity contribution in [2.24, 2.45) is 0 Å². The molecule has 0 saturated carbocycles. The molecule has 0 unspecified atom stereocenters. The van der Waals surface area contributed by atoms with E-state index in [0.717, 1.165) is 0 Å². The van der Waals surface area contributed by atoms with E-state index < -0.39 is 17.4 Å². The van der Waals surface area contributed by atoms with Crippen molar-refractivity contribution in [3.8, 4) is 0 Å². The fourth-order valence-electron chi connectivity index (χ4n) is 2.54. The number of fused-ring (bicyclic) bond motifs is 1. The van der Waals surface area contributed by atoms with E-state index in [-0.39, 0.29) is 19.0 Å². The van der Waals surface area contributed by atoms with Gasteiger partial charge in [-0.2, -0.15) is 0 Å². The van der Waals surface area contributed by atoms with E-state index in [1.165, 1.54) is 18.7 Å². The molecule has 1 heterocycles. The summed E-state index contributed by atoms with van der Waals surface area (Å²) < 4.78 is 14.0. The number of hydrogen-bond donors (Lipinski definition) is 3. The van der Waals surface area contributed by atoms with Crippen LogP contribution in [0.2, 0.25) is 0 Å². The van der Waals surface area contributed by atoms with Gasteiger partial charge in [0.25, 0.3) is 5.91 Å². The minimum atomic E-state index is -1.54. The number of aliphatic hydroxyl groups is 2. The summed E-state index contributed by atoms with van der Waals surface area (Å²) in [5.74, 6) is -0.313. The van der Waals surface area contributed by atoms with Gasteiger partial charge in [0.05, 0.1) is 17.7 Å². The summed E-state index contributed by atoms with van der Waals surface area (Å²) in [6, 6.07) is 3.22. The van der Waals surface area contributed by atoms with Gasteiger partial charge >= 0.3 is 0 Å². The number of amides is 1. The number of rotatable bonds is 4. The SMILES string of the molecule is CC(C)(O)c1cc2c(cc1N)CN(C[C@@H](F)C(C)(C)O)C2=O. The molecule has 4 N–H and O–H groups in total. The quantitative estimate of drug-likeness (QED) is 0.737. The first-order valence-corrected chi connectivity index (χ1v) is 7.22. The van der Waals surface area contributed by atoms with Crippen molar-refractivity contribution in [3.63, 3.8) is 0 Å². The number of nitrogens with two attached hydrogens (primary N) is 1. The Morgan fingerprint density at radius 2 is 1.91 bits per heavy atom. The minimum absolute atomic E-state index is 0.186. The maximum absolute atomic E-state index is 14.0. The van der Waals surface area contributed by atoms with Gasteiger partial charge in [0.15, 0.2) is 0 Å². The van der Waals surface area contributed by atoms with Crippen LogP contribution >= 0.6 is 0 Å². The first kappa shape index (κ1) is 16.7. The van der Waals surface area contributed by atoms with E-state index in [1.807, 2.05) is 0 Å². The Morgan fingerprint density at radius 3 is 2.41 bits per heavy atom. The van der Waals surface area contributed by atoms with Crippen LogP contribution in [0.15, 0.2) is 12.1 Å². The van der Waals surface area contributed by atoms with Crippen molar-refractivity contribution in [2.45, 2.75) is 51.6 Å². The molecule has 0 spiro atoms. The van der Waals surface area contributed by atoms with Gasteiger partial charge in [0.2, 0.25) is 0 Å². The average Bonchev–Trinajstić information content (AvgIpc) is 2.62. The lowest BCUT2D eigenvalue weighted by molar-refractivity contribution is -0.0159. The van der Waals surface area contributed by atoms with E-state index in [4.69, 9.17) is 5.73 Å². The second-order valence-electron chi connectivity index (χ2n) is 6.96. The summed E-state index contributed by atoms with van der Waals surface area (Å²) in [4.78, 5) is 13.8. The third-order valence-corrected chi connectivity index (χ3v) is 3.96. The first-order valence-electron chi connectivity index (χ1n) is 7.22. The molecule has 1 aromatic carbocycles. The summed E-state index contributed by atoms with van der Waals surface area (Å²) in [5, 5.41) is 19.8. The van der Waals surface area contributed by atoms with Crippen molar-refractivity contribution in [2.75, 3.05) is 12.3 Å². The molecule has 22 heavy (non-hydrogen) atoms. The van der Waals surface area contributed by atoms with E-state index in [0.29, 0.717) is 22.4 Å². The largest absolute Gasteiger partial charge is 0.398 e. The van der Waals surface area contributed by atoms with Crippen LogP contribution in [-0.4, -0.2) is 39.3 Å². The molecular formula is C16H23FN2O3. The second kappa shape index (κ2) is 5.21. The highest BCUT2D eigenvalue weighted by atomic mass is 19.1. The lowest BCUT2D eigenvalue weighted by Gasteiger charge is -2.26. The van der Waals surface area contributed by atoms with E-state index >= 15 is 0 Å². The highest BCUT2D eigenvalue weighted by Gasteiger charge is 2.35. The third-order valence-electron chi connectivity index (χ3n) is 3.96. The van der Waals surface area contributed by atoms with Gasteiger partial charge in [-0.25, -0.2) is 4.39 Å². The molecule has 1 aliphatic heterocycles. The Hall–Kier alpha value is -1.66. The fraction of sp³-hybridized carbons (Fsp3) is 0.562. The summed E-state index contributed by atoms with van der Waals surface area (Å²) in [6.07, 6.45) is -1.54. The van der Waals surface area contributed by atoms with Crippen LogP contribution in [0.25, 0.3) is 0 Å². The lowest BCUT2D eigenvalue weighted by atomic mass is 9.93. The predicted octanol–water partition coefficient (Wildman–Crippen LogP) is 1.56. The molecule has 1 amide bonds. The van der Waals surface area contributed by atoms with Crippen LogP contribution in [0.4, 0.5) is 10.1 Å². The lowest BCUT2D eigenvalue weighted by Crippen LogP contribution is -2.42. The topological polar surface area (TPSA) is 86.8 Å². The molecule has 1 aliphatic rings. The monoisotopic (exact) mass is 310 g/mol. The van der Waals surface area contributed by atoms with Crippen LogP contribution in [0.1, 0.15) is 49.2 Å². The van der Waals surface area contributed by atoms with Crippen LogP contribution in [0.3, 0.4) is 0 Å². The third kappa shape index (κ3) is 3.08. The van der Waals surface area contributed by atoms with E-state index in [2.05, 4.69) is 0 Å². The number of anilines is 1. The maximum Gasteiger partial charge on any atom is 0.254 e. The number of nitrogens with zero attached hydrogens (tertiary/aromatic N) is 1. The number of carbonyl (C=O) groups excluding carboxylic acids is 1. The normalized spacial score (nSPS) is 16.9. The van der Waals surface area contributed by atoms with Gasteiger partial charge in [0, 0.05) is 23.4 Å². The zero-order chi connectivity index (χ0) is 16.9. The number of carbonyl (C=O) groups is 1. The highest BCUT2D eigenvalue weighted by Crippen LogP contribution is 2.33. The Kier molecular flexibility index (Phi) is 3.96. The van der Waals surface area contributed by atoms with E-state index in [9.17, 15) is 19.4 Å². The van der Waals surface area contributed by atoms with Crippen LogP contribution in [-0.2, 0) is 12.1 Å². The summed E-state index contributed by atoms with van der Waals surface area (Å²) in [7, 11) is 0. The molecule has 0 radical (unpaired) electrons. The van der Waals surface area contributed by atoms with Crippen LogP contribution in [0.5, 0.6) is 0 Å². The molecule has 0 saturated heterocycles. The van der Waals surface area contributed by atoms with Crippen LogP contribution < -0.4 is 5.73 Å². The molecular weight excluding hydrogens is 287 g/mol. The minimum Gasteiger partial charge on any atom is -0.398 e. The number of alkyl halides is 1. The Morgan fingerprint density at radius 1 is 1.32 bits per heavy atom. The number of nitrogen functional groups attached to an aromatic ring is 1. The predicted molar refractivity (Wildman–Crippen MR) is 82.0 cm³/mol. The summed E-state index contributed by atoms with van der Waals surface area (Å²) in [6.45, 7) is 5.99. The summed E-state index contributed by atoms with van der Waals surface area (Å²) in [5.41, 5.74) is 5.27. The molecule has 0 aliphatic carbocycles. The molecule has 5 nitrogen and oxygen atoms in total. The van der Waals surface area contributed by atoms with Crippen molar-refractivity contribution >= 4 is 11.6 Å². The van der Waals surface area contributed by atoms with Gasteiger partial charge in [-0.05, 0) is 45.4 Å². The standard InChI is InChI=1S/C16H23FN2O3/c1-15(2,21)11-6-10-9(5-12(11)18)7-19(14(10)20)8-13(17)16(3,4)22/h5-6,13,21-22H,7-8,18H2,1-4H3/t13-/m1/s1. The first-order chi connectivity index (χ1) is 9.91. The fourth-order valence-corrected chi connectivity index (χ4v) is 2.54. The zero-order valence-corrected chi connectivity index (χ0v) is 13.4. The number of benzene rings is 1.